The predicted octanol–water partition coefficient (Wildman–Crippen LogP) is 0.565. The van der Waals surface area contributed by atoms with Crippen LogP contribution in [0.3, 0.4) is 0 Å². The van der Waals surface area contributed by atoms with Gasteiger partial charge in [0.2, 0.25) is 0 Å². The second-order valence-corrected chi connectivity index (χ2v) is 3.03. The lowest BCUT2D eigenvalue weighted by molar-refractivity contribution is 0.0698. The molecule has 2 aromatic heterocycles. The van der Waals surface area contributed by atoms with Crippen molar-refractivity contribution in [2.75, 3.05) is 0 Å². The Kier molecular flexibility index (Phi) is 1.67. The second kappa shape index (κ2) is 2.73. The first-order chi connectivity index (χ1) is 6.61. The molecular weight excluding hydrogens is 184 g/mol. The lowest BCUT2D eigenvalue weighted by Crippen LogP contribution is -2.07. The summed E-state index contributed by atoms with van der Waals surface area (Å²) in [5.74, 6) is -1.09. The molecule has 2 rings (SSSR count). The lowest BCUT2D eigenvalue weighted by Gasteiger charge is -1.92. The summed E-state index contributed by atoms with van der Waals surface area (Å²) in [4.78, 5) is 24.7. The van der Waals surface area contributed by atoms with Gasteiger partial charge in [0.15, 0.2) is 0 Å². The molecule has 0 bridgehead atoms. The van der Waals surface area contributed by atoms with Crippen LogP contribution in [0.5, 0.6) is 0 Å². The van der Waals surface area contributed by atoms with Crippen molar-refractivity contribution in [2.24, 2.45) is 7.05 Å². The molecule has 0 aliphatic carbocycles. The minimum absolute atomic E-state index is 0.0318. The van der Waals surface area contributed by atoms with Crippen LogP contribution in [0.2, 0.25) is 0 Å². The number of nitrogens with zero attached hydrogens (tertiary/aromatic N) is 1. The van der Waals surface area contributed by atoms with E-state index in [1.54, 1.807) is 17.7 Å². The van der Waals surface area contributed by atoms with Crippen LogP contribution in [0.15, 0.2) is 23.3 Å². The highest BCUT2D eigenvalue weighted by molar-refractivity contribution is 6.02. The van der Waals surface area contributed by atoms with Gasteiger partial charge in [-0.1, -0.05) is 0 Å². The Morgan fingerprint density at radius 2 is 2.29 bits per heavy atom. The van der Waals surface area contributed by atoms with Gasteiger partial charge in [-0.3, -0.25) is 4.79 Å². The summed E-state index contributed by atoms with van der Waals surface area (Å²) in [6.45, 7) is 0. The van der Waals surface area contributed by atoms with E-state index < -0.39 is 5.97 Å². The molecule has 5 nitrogen and oxygen atoms in total. The smallest absolute Gasteiger partial charge is 0.338 e. The highest BCUT2D eigenvalue weighted by atomic mass is 16.4. The molecule has 0 fully saturated rings. The maximum Gasteiger partial charge on any atom is 0.338 e. The number of fused-ring (bicyclic) bond motifs is 1. The van der Waals surface area contributed by atoms with E-state index in [0.29, 0.717) is 5.52 Å². The zero-order chi connectivity index (χ0) is 10.3. The Hall–Kier alpha value is -2.04. The number of pyridine rings is 1. The van der Waals surface area contributed by atoms with Crippen molar-refractivity contribution < 1.29 is 9.90 Å². The highest BCUT2D eigenvalue weighted by Crippen LogP contribution is 2.15. The van der Waals surface area contributed by atoms with Crippen LogP contribution in [0.4, 0.5) is 0 Å². The third-order valence-corrected chi connectivity index (χ3v) is 2.14. The maximum atomic E-state index is 11.4. The van der Waals surface area contributed by atoms with Gasteiger partial charge in [0, 0.05) is 19.4 Å². The molecule has 0 aromatic carbocycles. The average Bonchev–Trinajstić information content (AvgIpc) is 2.46. The summed E-state index contributed by atoms with van der Waals surface area (Å²) in [5.41, 5.74) is 0.274. The van der Waals surface area contributed by atoms with E-state index in [4.69, 9.17) is 5.11 Å². The third-order valence-electron chi connectivity index (χ3n) is 2.14. The minimum atomic E-state index is -1.09. The second-order valence-electron chi connectivity index (χ2n) is 3.03. The zero-order valence-corrected chi connectivity index (χ0v) is 7.44. The standard InChI is InChI=1S/C9H8N2O3/c1-11-4-5(9(13)14)7-6(11)2-3-10-8(7)12/h2-4H,1H3,(H,10,12)(H,13,14). The van der Waals surface area contributed by atoms with Crippen molar-refractivity contribution in [3.05, 3.63) is 34.4 Å². The summed E-state index contributed by atoms with van der Waals surface area (Å²) in [7, 11) is 1.70. The molecule has 0 amide bonds. The quantitative estimate of drug-likeness (QED) is 0.693. The number of carboxylic acids is 1. The maximum absolute atomic E-state index is 11.4. The number of carbonyl (C=O) groups is 1. The molecule has 2 heterocycles. The molecule has 0 spiro atoms. The zero-order valence-electron chi connectivity index (χ0n) is 7.44. The molecule has 0 radical (unpaired) electrons. The summed E-state index contributed by atoms with van der Waals surface area (Å²) in [5, 5.41) is 9.08. The van der Waals surface area contributed by atoms with Crippen molar-refractivity contribution in [3.63, 3.8) is 0 Å². The average molecular weight is 192 g/mol. The van der Waals surface area contributed by atoms with Gasteiger partial charge in [0.25, 0.3) is 5.56 Å². The molecule has 14 heavy (non-hydrogen) atoms. The number of H-pyrrole nitrogens is 1. The van der Waals surface area contributed by atoms with Gasteiger partial charge in [-0.05, 0) is 6.07 Å². The van der Waals surface area contributed by atoms with Gasteiger partial charge in [-0.25, -0.2) is 4.79 Å². The lowest BCUT2D eigenvalue weighted by atomic mass is 10.2. The van der Waals surface area contributed by atoms with Gasteiger partial charge < -0.3 is 14.7 Å². The molecule has 72 valence electrons. The van der Waals surface area contributed by atoms with Crippen molar-refractivity contribution >= 4 is 16.9 Å². The van der Waals surface area contributed by atoms with Crippen LogP contribution >= 0.6 is 0 Å². The molecule has 0 aliphatic heterocycles. The highest BCUT2D eigenvalue weighted by Gasteiger charge is 2.14. The number of nitrogens with one attached hydrogen (secondary N) is 1. The largest absolute Gasteiger partial charge is 0.478 e. The number of carboxylic acid groups (broad SMARTS) is 1. The van der Waals surface area contributed by atoms with Crippen LogP contribution in [0.25, 0.3) is 10.9 Å². The monoisotopic (exact) mass is 192 g/mol. The molecular formula is C9H8N2O3. The first kappa shape index (κ1) is 8.55. The van der Waals surface area contributed by atoms with E-state index in [-0.39, 0.29) is 16.5 Å². The number of aromatic amines is 1. The Labute approximate surface area is 78.6 Å². The molecule has 2 aromatic rings. The van der Waals surface area contributed by atoms with Crippen molar-refractivity contribution in [2.45, 2.75) is 0 Å². The van der Waals surface area contributed by atoms with Gasteiger partial charge in [0.1, 0.15) is 0 Å². The number of aromatic nitrogens is 2. The number of aromatic carboxylic acids is 1. The first-order valence-electron chi connectivity index (χ1n) is 4.01. The molecule has 0 atom stereocenters. The summed E-state index contributed by atoms with van der Waals surface area (Å²) < 4.78 is 1.62. The Bertz CT molecular complexity index is 565. The Balaban J connectivity index is 3.00. The topological polar surface area (TPSA) is 75.1 Å². The van der Waals surface area contributed by atoms with Crippen LogP contribution in [-0.4, -0.2) is 20.6 Å². The fourth-order valence-corrected chi connectivity index (χ4v) is 1.51. The number of aryl methyl sites for hydroxylation is 1. The van der Waals surface area contributed by atoms with Crippen LogP contribution in [-0.2, 0) is 7.05 Å². The Morgan fingerprint density at radius 1 is 1.57 bits per heavy atom. The first-order valence-corrected chi connectivity index (χ1v) is 4.01. The molecule has 0 saturated carbocycles. The van der Waals surface area contributed by atoms with Crippen LogP contribution < -0.4 is 5.56 Å². The molecule has 0 saturated heterocycles. The SMILES string of the molecule is Cn1cc(C(=O)O)c2c(=O)[nH]ccc21. The molecule has 0 aliphatic rings. The minimum Gasteiger partial charge on any atom is -0.478 e. The number of rotatable bonds is 1. The fraction of sp³-hybridized carbons (Fsp3) is 0.111. The summed E-state index contributed by atoms with van der Waals surface area (Å²) >= 11 is 0. The van der Waals surface area contributed by atoms with Crippen molar-refractivity contribution in [1.29, 1.82) is 0 Å². The van der Waals surface area contributed by atoms with E-state index in [9.17, 15) is 9.59 Å². The predicted molar refractivity (Wildman–Crippen MR) is 50.5 cm³/mol. The fourth-order valence-electron chi connectivity index (χ4n) is 1.51. The van der Waals surface area contributed by atoms with E-state index >= 15 is 0 Å². The molecule has 2 N–H and O–H groups in total. The van der Waals surface area contributed by atoms with Gasteiger partial charge in [-0.15, -0.1) is 0 Å². The Morgan fingerprint density at radius 3 is 2.93 bits per heavy atom. The van der Waals surface area contributed by atoms with Crippen molar-refractivity contribution in [3.8, 4) is 0 Å². The van der Waals surface area contributed by atoms with Crippen molar-refractivity contribution in [1.82, 2.24) is 9.55 Å². The normalized spacial score (nSPS) is 10.6. The van der Waals surface area contributed by atoms with Crippen LogP contribution in [0, 0.1) is 0 Å². The summed E-state index contributed by atoms with van der Waals surface area (Å²) in [6, 6.07) is 1.67. The number of hydrogen-bond acceptors (Lipinski definition) is 2. The van der Waals surface area contributed by atoms with E-state index in [2.05, 4.69) is 4.98 Å². The van der Waals surface area contributed by atoms with Gasteiger partial charge in [0.05, 0.1) is 16.5 Å². The third kappa shape index (κ3) is 1.02. The van der Waals surface area contributed by atoms with E-state index in [1.165, 1.54) is 12.4 Å². The van der Waals surface area contributed by atoms with E-state index in [1.807, 2.05) is 0 Å². The molecule has 5 heteroatoms. The molecule has 0 unspecified atom stereocenters. The van der Waals surface area contributed by atoms with Crippen LogP contribution in [0.1, 0.15) is 10.4 Å². The number of hydrogen-bond donors (Lipinski definition) is 2. The van der Waals surface area contributed by atoms with Gasteiger partial charge in [-0.2, -0.15) is 0 Å². The van der Waals surface area contributed by atoms with Gasteiger partial charge >= 0.3 is 5.97 Å². The van der Waals surface area contributed by atoms with E-state index in [0.717, 1.165) is 0 Å². The summed E-state index contributed by atoms with van der Waals surface area (Å²) in [6.07, 6.45) is 2.93.